The van der Waals surface area contributed by atoms with Gasteiger partial charge in [-0.2, -0.15) is 5.10 Å². The van der Waals surface area contributed by atoms with Gasteiger partial charge in [-0.05, 0) is 37.5 Å². The van der Waals surface area contributed by atoms with Crippen LogP contribution < -0.4 is 10.3 Å². The van der Waals surface area contributed by atoms with Crippen LogP contribution in [0.1, 0.15) is 38.4 Å². The molecule has 0 unspecified atom stereocenters. The first-order valence-corrected chi connectivity index (χ1v) is 8.81. The molecule has 6 nitrogen and oxygen atoms in total. The number of nitrogens with one attached hydrogen (secondary N) is 1. The molecule has 0 aliphatic rings. The number of hydrogen-bond donors (Lipinski definition) is 1. The average Bonchev–Trinajstić information content (AvgIpc) is 2.92. The van der Waals surface area contributed by atoms with E-state index in [0.29, 0.717) is 23.5 Å². The molecule has 0 fully saturated rings. The molecule has 0 aliphatic carbocycles. The average molecular weight is 340 g/mol. The molecule has 132 valence electrons. The van der Waals surface area contributed by atoms with Crippen molar-refractivity contribution in [2.45, 2.75) is 40.0 Å². The summed E-state index contributed by atoms with van der Waals surface area (Å²) in [6, 6.07) is 6.01. The van der Waals surface area contributed by atoms with Gasteiger partial charge in [0.25, 0.3) is 5.56 Å². The number of aromatic nitrogens is 4. The lowest BCUT2D eigenvalue weighted by Crippen LogP contribution is -2.13. The lowest BCUT2D eigenvalue weighted by molar-refractivity contribution is 0.341. The molecule has 0 aliphatic heterocycles. The molecule has 25 heavy (non-hydrogen) atoms. The van der Waals surface area contributed by atoms with Crippen molar-refractivity contribution in [2.24, 2.45) is 7.05 Å². The number of fused-ring (bicyclic) bond motifs is 1. The Bertz CT molecular complexity index is 956. The van der Waals surface area contributed by atoms with E-state index < -0.39 is 0 Å². The summed E-state index contributed by atoms with van der Waals surface area (Å²) in [6.07, 6.45) is 2.64. The van der Waals surface area contributed by atoms with Gasteiger partial charge in [-0.15, -0.1) is 0 Å². The molecule has 3 rings (SSSR count). The molecule has 0 saturated heterocycles. The summed E-state index contributed by atoms with van der Waals surface area (Å²) in [6.45, 7) is 6.68. The summed E-state index contributed by atoms with van der Waals surface area (Å²) in [5, 5.41) is 4.47. The number of H-pyrrole nitrogens is 1. The number of nitrogens with zero attached hydrogens (tertiary/aromatic N) is 3. The molecule has 0 saturated carbocycles. The molecular formula is C19H24N4O2. The van der Waals surface area contributed by atoms with Crippen molar-refractivity contribution in [1.29, 1.82) is 0 Å². The van der Waals surface area contributed by atoms with E-state index in [1.807, 2.05) is 25.1 Å². The highest BCUT2D eigenvalue weighted by Crippen LogP contribution is 2.29. The van der Waals surface area contributed by atoms with Gasteiger partial charge < -0.3 is 9.72 Å². The van der Waals surface area contributed by atoms with E-state index >= 15 is 0 Å². The van der Waals surface area contributed by atoms with Crippen LogP contribution in [-0.2, 0) is 19.9 Å². The highest BCUT2D eigenvalue weighted by atomic mass is 16.5. The van der Waals surface area contributed by atoms with Crippen LogP contribution in [0.5, 0.6) is 5.75 Å². The zero-order valence-corrected chi connectivity index (χ0v) is 15.2. The Kier molecular flexibility index (Phi) is 4.88. The topological polar surface area (TPSA) is 72.8 Å². The maximum absolute atomic E-state index is 12.6. The van der Waals surface area contributed by atoms with Crippen LogP contribution in [0.2, 0.25) is 0 Å². The Morgan fingerprint density at radius 2 is 2.04 bits per heavy atom. The highest BCUT2D eigenvalue weighted by molar-refractivity contribution is 5.79. The molecule has 1 N–H and O–H groups in total. The van der Waals surface area contributed by atoms with Crippen molar-refractivity contribution < 1.29 is 4.74 Å². The molecule has 2 aromatic heterocycles. The summed E-state index contributed by atoms with van der Waals surface area (Å²) in [5.74, 6) is 1.25. The Morgan fingerprint density at radius 1 is 1.24 bits per heavy atom. The number of hydrogen-bond acceptors (Lipinski definition) is 4. The van der Waals surface area contributed by atoms with Crippen LogP contribution in [0, 0.1) is 0 Å². The molecule has 0 radical (unpaired) electrons. The van der Waals surface area contributed by atoms with E-state index in [9.17, 15) is 4.79 Å². The van der Waals surface area contributed by atoms with E-state index in [4.69, 9.17) is 9.72 Å². The summed E-state index contributed by atoms with van der Waals surface area (Å²) in [7, 11) is 1.78. The molecule has 1 aromatic carbocycles. The molecule has 2 heterocycles. The Balaban J connectivity index is 2.25. The Morgan fingerprint density at radius 3 is 2.72 bits per heavy atom. The molecule has 0 spiro atoms. The minimum absolute atomic E-state index is 0.179. The number of aryl methyl sites for hydroxylation is 3. The molecule has 6 heteroatoms. The molecular weight excluding hydrogens is 316 g/mol. The first-order chi connectivity index (χ1) is 12.1. The smallest absolute Gasteiger partial charge is 0.277 e. The zero-order chi connectivity index (χ0) is 18.0. The Hall–Kier alpha value is -2.63. The van der Waals surface area contributed by atoms with E-state index in [2.05, 4.69) is 23.9 Å². The van der Waals surface area contributed by atoms with Crippen molar-refractivity contribution in [3.63, 3.8) is 0 Å². The van der Waals surface area contributed by atoms with E-state index in [1.54, 1.807) is 11.7 Å². The Labute approximate surface area is 146 Å². The summed E-state index contributed by atoms with van der Waals surface area (Å²) in [5.41, 5.74) is 3.84. The first-order valence-electron chi connectivity index (χ1n) is 8.81. The predicted molar refractivity (Wildman–Crippen MR) is 99.1 cm³/mol. The second kappa shape index (κ2) is 7.09. The van der Waals surface area contributed by atoms with Crippen molar-refractivity contribution >= 4 is 11.0 Å². The van der Waals surface area contributed by atoms with Gasteiger partial charge in [-0.25, -0.2) is 4.98 Å². The van der Waals surface area contributed by atoms with E-state index in [-0.39, 0.29) is 5.56 Å². The summed E-state index contributed by atoms with van der Waals surface area (Å²) in [4.78, 5) is 20.3. The van der Waals surface area contributed by atoms with Crippen LogP contribution in [0.3, 0.4) is 0 Å². The fraction of sp³-hybridized carbons (Fsp3) is 0.421. The van der Waals surface area contributed by atoms with E-state index in [0.717, 1.165) is 36.3 Å². The SMILES string of the molecule is CCCc1nn(C)c2c(=O)[nH]c(-c3cc(CC)ccc3OCC)nc12. The number of benzene rings is 1. The second-order valence-electron chi connectivity index (χ2n) is 6.05. The maximum Gasteiger partial charge on any atom is 0.277 e. The van der Waals surface area contributed by atoms with Crippen molar-refractivity contribution in [3.8, 4) is 17.1 Å². The molecule has 0 bridgehead atoms. The normalized spacial score (nSPS) is 11.2. The summed E-state index contributed by atoms with van der Waals surface area (Å²) < 4.78 is 7.36. The molecule has 0 atom stereocenters. The monoisotopic (exact) mass is 340 g/mol. The maximum atomic E-state index is 12.6. The van der Waals surface area contributed by atoms with Gasteiger partial charge in [0.1, 0.15) is 17.1 Å². The third-order valence-electron chi connectivity index (χ3n) is 4.26. The molecule has 0 amide bonds. The van der Waals surface area contributed by atoms with Crippen LogP contribution in [0.4, 0.5) is 0 Å². The minimum atomic E-state index is -0.179. The van der Waals surface area contributed by atoms with Gasteiger partial charge in [-0.1, -0.05) is 26.3 Å². The van der Waals surface area contributed by atoms with Crippen LogP contribution in [-0.4, -0.2) is 26.4 Å². The van der Waals surface area contributed by atoms with Gasteiger partial charge in [0, 0.05) is 7.05 Å². The van der Waals surface area contributed by atoms with E-state index in [1.165, 1.54) is 5.56 Å². The predicted octanol–water partition coefficient (Wildman–Crippen LogP) is 3.24. The molecule has 3 aromatic rings. The fourth-order valence-corrected chi connectivity index (χ4v) is 3.04. The number of aromatic amines is 1. The lowest BCUT2D eigenvalue weighted by atomic mass is 10.1. The van der Waals surface area contributed by atoms with Crippen LogP contribution >= 0.6 is 0 Å². The highest BCUT2D eigenvalue weighted by Gasteiger charge is 2.17. The van der Waals surface area contributed by atoms with Crippen molar-refractivity contribution in [1.82, 2.24) is 19.7 Å². The van der Waals surface area contributed by atoms with Gasteiger partial charge in [0.05, 0.1) is 17.9 Å². The van der Waals surface area contributed by atoms with Gasteiger partial charge >= 0.3 is 0 Å². The van der Waals surface area contributed by atoms with Gasteiger partial charge in [0.15, 0.2) is 5.52 Å². The van der Waals surface area contributed by atoms with Gasteiger partial charge in [-0.3, -0.25) is 9.48 Å². The quantitative estimate of drug-likeness (QED) is 0.748. The number of rotatable bonds is 6. The van der Waals surface area contributed by atoms with Crippen molar-refractivity contribution in [2.75, 3.05) is 6.61 Å². The van der Waals surface area contributed by atoms with Gasteiger partial charge in [0.2, 0.25) is 0 Å². The standard InChI is InChI=1S/C19H24N4O2/c1-5-8-14-16-17(23(4)22-14)19(24)21-18(20-16)13-11-12(6-2)9-10-15(13)25-7-3/h9-11H,5-8H2,1-4H3,(H,20,21,24). The first kappa shape index (κ1) is 17.2. The van der Waals surface area contributed by atoms with Crippen LogP contribution in [0.25, 0.3) is 22.4 Å². The third-order valence-corrected chi connectivity index (χ3v) is 4.26. The van der Waals surface area contributed by atoms with Crippen molar-refractivity contribution in [3.05, 3.63) is 39.8 Å². The zero-order valence-electron chi connectivity index (χ0n) is 15.2. The minimum Gasteiger partial charge on any atom is -0.493 e. The largest absolute Gasteiger partial charge is 0.493 e. The summed E-state index contributed by atoms with van der Waals surface area (Å²) >= 11 is 0. The van der Waals surface area contributed by atoms with Crippen LogP contribution in [0.15, 0.2) is 23.0 Å². The fourth-order valence-electron chi connectivity index (χ4n) is 3.04. The second-order valence-corrected chi connectivity index (χ2v) is 6.05. The third kappa shape index (κ3) is 3.16. The number of ether oxygens (including phenoxy) is 1. The lowest BCUT2D eigenvalue weighted by Gasteiger charge is -2.11.